The van der Waals surface area contributed by atoms with Crippen LogP contribution in [0.3, 0.4) is 0 Å². The standard InChI is InChI=1S/C11H10F2O3/c1-16-9-4-2-8(3-5-9)6-7-11(12,13)10(14)15/h2-7H,1H3,(H,14,15)/b7-6+. The number of carbonyl (C=O) groups is 1. The second-order valence-electron chi connectivity index (χ2n) is 3.03. The number of alkyl halides is 2. The molecule has 0 amide bonds. The summed E-state index contributed by atoms with van der Waals surface area (Å²) in [6.07, 6.45) is 1.39. The van der Waals surface area contributed by atoms with Gasteiger partial charge in [0.15, 0.2) is 0 Å². The first kappa shape index (κ1) is 12.2. The van der Waals surface area contributed by atoms with Crippen LogP contribution in [0.4, 0.5) is 8.78 Å². The van der Waals surface area contributed by atoms with Crippen LogP contribution in [-0.4, -0.2) is 24.1 Å². The van der Waals surface area contributed by atoms with E-state index in [-0.39, 0.29) is 0 Å². The average molecular weight is 228 g/mol. The number of aliphatic carboxylic acids is 1. The molecule has 1 N–H and O–H groups in total. The molecule has 0 aliphatic rings. The largest absolute Gasteiger partial charge is 0.497 e. The Morgan fingerprint density at radius 1 is 1.38 bits per heavy atom. The summed E-state index contributed by atoms with van der Waals surface area (Å²) in [5, 5.41) is 8.18. The summed E-state index contributed by atoms with van der Waals surface area (Å²) in [5.41, 5.74) is 0.474. The molecule has 0 aliphatic carbocycles. The smallest absolute Gasteiger partial charge is 0.378 e. The van der Waals surface area contributed by atoms with Gasteiger partial charge in [0, 0.05) is 0 Å². The molecule has 5 heteroatoms. The minimum Gasteiger partial charge on any atom is -0.497 e. The number of halogens is 2. The molecule has 1 aromatic rings. The Kier molecular flexibility index (Phi) is 3.60. The number of benzene rings is 1. The molecule has 0 atom stereocenters. The minimum absolute atomic E-state index is 0.344. The Morgan fingerprint density at radius 2 is 1.94 bits per heavy atom. The molecule has 0 aliphatic heterocycles. The predicted molar refractivity (Wildman–Crippen MR) is 54.6 cm³/mol. The second kappa shape index (κ2) is 4.74. The van der Waals surface area contributed by atoms with Gasteiger partial charge in [0.25, 0.3) is 0 Å². The van der Waals surface area contributed by atoms with E-state index in [0.29, 0.717) is 17.4 Å². The van der Waals surface area contributed by atoms with Crippen molar-refractivity contribution in [1.82, 2.24) is 0 Å². The molecule has 0 heterocycles. The fourth-order valence-corrected chi connectivity index (χ4v) is 0.987. The number of hydrogen-bond donors (Lipinski definition) is 1. The Hall–Kier alpha value is -1.91. The summed E-state index contributed by atoms with van der Waals surface area (Å²) >= 11 is 0. The molecule has 1 aromatic carbocycles. The highest BCUT2D eigenvalue weighted by Crippen LogP contribution is 2.18. The van der Waals surface area contributed by atoms with Crippen molar-refractivity contribution in [1.29, 1.82) is 0 Å². The molecule has 0 saturated heterocycles. The Balaban J connectivity index is 2.80. The zero-order chi connectivity index (χ0) is 12.2. The van der Waals surface area contributed by atoms with Gasteiger partial charge in [-0.25, -0.2) is 4.79 Å². The van der Waals surface area contributed by atoms with Crippen LogP contribution in [0.15, 0.2) is 30.3 Å². The number of rotatable bonds is 4. The molecule has 86 valence electrons. The topological polar surface area (TPSA) is 46.5 Å². The summed E-state index contributed by atoms with van der Waals surface area (Å²) in [6.45, 7) is 0. The van der Waals surface area contributed by atoms with Crippen molar-refractivity contribution in [2.75, 3.05) is 7.11 Å². The number of ether oxygens (including phenoxy) is 1. The lowest BCUT2D eigenvalue weighted by Crippen LogP contribution is -2.24. The first-order valence-electron chi connectivity index (χ1n) is 4.40. The van der Waals surface area contributed by atoms with Gasteiger partial charge in [0.2, 0.25) is 0 Å². The van der Waals surface area contributed by atoms with Crippen LogP contribution < -0.4 is 4.74 Å². The van der Waals surface area contributed by atoms with E-state index in [1.54, 1.807) is 24.3 Å². The van der Waals surface area contributed by atoms with Crippen molar-refractivity contribution in [2.24, 2.45) is 0 Å². The van der Waals surface area contributed by atoms with Crippen LogP contribution >= 0.6 is 0 Å². The first-order chi connectivity index (χ1) is 7.45. The van der Waals surface area contributed by atoms with E-state index < -0.39 is 11.9 Å². The van der Waals surface area contributed by atoms with Gasteiger partial charge in [0.1, 0.15) is 5.75 Å². The van der Waals surface area contributed by atoms with Crippen molar-refractivity contribution in [3.8, 4) is 5.75 Å². The van der Waals surface area contributed by atoms with Crippen LogP contribution in [-0.2, 0) is 4.79 Å². The average Bonchev–Trinajstić information content (AvgIpc) is 2.27. The van der Waals surface area contributed by atoms with Crippen LogP contribution in [0.1, 0.15) is 5.56 Å². The number of carboxylic acid groups (broad SMARTS) is 1. The van der Waals surface area contributed by atoms with Crippen molar-refractivity contribution < 1.29 is 23.4 Å². The quantitative estimate of drug-likeness (QED) is 0.860. The maximum absolute atomic E-state index is 12.7. The van der Waals surface area contributed by atoms with Crippen LogP contribution in [0.5, 0.6) is 5.75 Å². The molecule has 0 spiro atoms. The van der Waals surface area contributed by atoms with Crippen molar-refractivity contribution in [3.63, 3.8) is 0 Å². The van der Waals surface area contributed by atoms with Gasteiger partial charge in [-0.2, -0.15) is 8.78 Å². The lowest BCUT2D eigenvalue weighted by atomic mass is 10.2. The second-order valence-corrected chi connectivity index (χ2v) is 3.03. The lowest BCUT2D eigenvalue weighted by Gasteiger charge is -2.04. The first-order valence-corrected chi connectivity index (χ1v) is 4.40. The Bertz CT molecular complexity index is 396. The van der Waals surface area contributed by atoms with E-state index in [2.05, 4.69) is 0 Å². The summed E-state index contributed by atoms with van der Waals surface area (Å²) in [5.74, 6) is -5.42. The number of carboxylic acids is 1. The molecule has 0 bridgehead atoms. The molecule has 1 rings (SSSR count). The normalized spacial score (nSPS) is 11.7. The molecular weight excluding hydrogens is 218 g/mol. The van der Waals surface area contributed by atoms with E-state index >= 15 is 0 Å². The van der Waals surface area contributed by atoms with Crippen molar-refractivity contribution >= 4 is 12.0 Å². The molecule has 0 radical (unpaired) electrons. The summed E-state index contributed by atoms with van der Waals surface area (Å²) < 4.78 is 30.2. The van der Waals surface area contributed by atoms with Crippen LogP contribution in [0.2, 0.25) is 0 Å². The zero-order valence-corrected chi connectivity index (χ0v) is 8.48. The highest BCUT2D eigenvalue weighted by Gasteiger charge is 2.35. The molecule has 0 saturated carbocycles. The Labute approximate surface area is 91.0 Å². The van der Waals surface area contributed by atoms with Gasteiger partial charge >= 0.3 is 11.9 Å². The van der Waals surface area contributed by atoms with Gasteiger partial charge in [-0.15, -0.1) is 0 Å². The molecular formula is C11H10F2O3. The minimum atomic E-state index is -3.85. The SMILES string of the molecule is COc1ccc(/C=C/C(F)(F)C(=O)O)cc1. The summed E-state index contributed by atoms with van der Waals surface area (Å²) in [6, 6.07) is 6.29. The third kappa shape index (κ3) is 3.05. The predicted octanol–water partition coefficient (Wildman–Crippen LogP) is 2.43. The fourth-order valence-electron chi connectivity index (χ4n) is 0.987. The van der Waals surface area contributed by atoms with Crippen molar-refractivity contribution in [3.05, 3.63) is 35.9 Å². The van der Waals surface area contributed by atoms with E-state index in [1.807, 2.05) is 0 Å². The summed E-state index contributed by atoms with van der Waals surface area (Å²) in [7, 11) is 1.49. The summed E-state index contributed by atoms with van der Waals surface area (Å²) in [4.78, 5) is 10.1. The van der Waals surface area contributed by atoms with Gasteiger partial charge in [-0.1, -0.05) is 18.2 Å². The van der Waals surface area contributed by atoms with E-state index in [1.165, 1.54) is 7.11 Å². The van der Waals surface area contributed by atoms with E-state index in [9.17, 15) is 13.6 Å². The van der Waals surface area contributed by atoms with E-state index in [4.69, 9.17) is 9.84 Å². The Morgan fingerprint density at radius 3 is 2.38 bits per heavy atom. The van der Waals surface area contributed by atoms with Gasteiger partial charge in [-0.05, 0) is 23.8 Å². The third-order valence-corrected chi connectivity index (χ3v) is 1.89. The molecule has 16 heavy (non-hydrogen) atoms. The van der Waals surface area contributed by atoms with Crippen LogP contribution in [0.25, 0.3) is 6.08 Å². The maximum atomic E-state index is 12.7. The third-order valence-electron chi connectivity index (χ3n) is 1.89. The molecule has 0 aromatic heterocycles. The highest BCUT2D eigenvalue weighted by atomic mass is 19.3. The number of hydrogen-bond acceptors (Lipinski definition) is 2. The lowest BCUT2D eigenvalue weighted by molar-refractivity contribution is -0.157. The maximum Gasteiger partial charge on any atom is 0.378 e. The van der Waals surface area contributed by atoms with Gasteiger partial charge < -0.3 is 9.84 Å². The van der Waals surface area contributed by atoms with Gasteiger partial charge in [-0.3, -0.25) is 0 Å². The zero-order valence-electron chi connectivity index (χ0n) is 8.48. The fraction of sp³-hybridized carbons (Fsp3) is 0.182. The van der Waals surface area contributed by atoms with Gasteiger partial charge in [0.05, 0.1) is 7.11 Å². The van der Waals surface area contributed by atoms with E-state index in [0.717, 1.165) is 6.08 Å². The monoisotopic (exact) mass is 228 g/mol. The number of methoxy groups -OCH3 is 1. The van der Waals surface area contributed by atoms with Crippen molar-refractivity contribution in [2.45, 2.75) is 5.92 Å². The van der Waals surface area contributed by atoms with Crippen LogP contribution in [0, 0.1) is 0 Å². The molecule has 3 nitrogen and oxygen atoms in total. The molecule has 0 fully saturated rings. The highest BCUT2D eigenvalue weighted by molar-refractivity contribution is 5.79. The molecule has 0 unspecified atom stereocenters.